The Kier molecular flexibility index (Phi) is 3.64. The van der Waals surface area contributed by atoms with Crippen LogP contribution in [0.25, 0.3) is 16.7 Å². The molecule has 0 N–H and O–H groups in total. The summed E-state index contributed by atoms with van der Waals surface area (Å²) < 4.78 is 2.09. The Bertz CT molecular complexity index is 765. The second kappa shape index (κ2) is 5.43. The molecular weight excluding hydrogens is 293 g/mol. The van der Waals surface area contributed by atoms with Gasteiger partial charge >= 0.3 is 0 Å². The van der Waals surface area contributed by atoms with Crippen LogP contribution in [0.1, 0.15) is 11.4 Å². The summed E-state index contributed by atoms with van der Waals surface area (Å²) in [4.78, 5) is 8.72. The van der Waals surface area contributed by atoms with E-state index in [0.29, 0.717) is 12.3 Å². The van der Waals surface area contributed by atoms with Gasteiger partial charge in [-0.25, -0.2) is 4.98 Å². The van der Waals surface area contributed by atoms with Gasteiger partial charge in [0, 0.05) is 29.2 Å². The van der Waals surface area contributed by atoms with Crippen molar-refractivity contribution in [3.05, 3.63) is 53.1 Å². The largest absolute Gasteiger partial charge is 0.296 e. The summed E-state index contributed by atoms with van der Waals surface area (Å²) in [5.41, 5.74) is 3.93. The normalized spacial score (nSPS) is 11.2. The van der Waals surface area contributed by atoms with E-state index < -0.39 is 0 Å². The number of nitrogens with zero attached hydrogens (tertiary/aromatic N) is 3. The lowest BCUT2D eigenvalue weighted by Crippen LogP contribution is -2.02. The molecule has 2 heterocycles. The zero-order chi connectivity index (χ0) is 14.1. The molecule has 0 atom stereocenters. The molecule has 0 amide bonds. The molecule has 0 aliphatic rings. The first-order valence-corrected chi connectivity index (χ1v) is 7.26. The van der Waals surface area contributed by atoms with E-state index in [1.807, 2.05) is 31.2 Å². The van der Waals surface area contributed by atoms with Crippen molar-refractivity contribution in [2.24, 2.45) is 0 Å². The van der Waals surface area contributed by atoms with Crippen molar-refractivity contribution in [2.45, 2.75) is 13.3 Å². The Morgan fingerprint density at radius 2 is 2.10 bits per heavy atom. The number of aryl methyl sites for hydroxylation is 2. The summed E-state index contributed by atoms with van der Waals surface area (Å²) in [6, 6.07) is 7.96. The molecule has 5 heteroatoms. The monoisotopic (exact) mass is 305 g/mol. The van der Waals surface area contributed by atoms with Crippen LogP contribution >= 0.6 is 23.2 Å². The minimum atomic E-state index is 0.524. The number of pyridine rings is 1. The van der Waals surface area contributed by atoms with Gasteiger partial charge in [-0.2, -0.15) is 0 Å². The zero-order valence-electron chi connectivity index (χ0n) is 11.0. The summed E-state index contributed by atoms with van der Waals surface area (Å²) in [7, 11) is 0. The number of aromatic nitrogens is 3. The molecular formula is C15H13Cl2N3. The van der Waals surface area contributed by atoms with Gasteiger partial charge in [-0.3, -0.25) is 9.55 Å². The maximum absolute atomic E-state index is 6.24. The highest BCUT2D eigenvalue weighted by Crippen LogP contribution is 2.25. The average molecular weight is 306 g/mol. The number of hydrogen-bond acceptors (Lipinski definition) is 2. The van der Waals surface area contributed by atoms with E-state index in [1.165, 1.54) is 0 Å². The van der Waals surface area contributed by atoms with Crippen LogP contribution in [0.4, 0.5) is 0 Å². The maximum atomic E-state index is 6.24. The van der Waals surface area contributed by atoms with E-state index in [0.717, 1.165) is 33.1 Å². The minimum absolute atomic E-state index is 0.524. The zero-order valence-corrected chi connectivity index (χ0v) is 12.5. The molecule has 0 fully saturated rings. The summed E-state index contributed by atoms with van der Waals surface area (Å²) in [5, 5.41) is 0.746. The number of imidazole rings is 1. The van der Waals surface area contributed by atoms with Gasteiger partial charge in [-0.05, 0) is 30.7 Å². The third-order valence-corrected chi connectivity index (χ3v) is 3.85. The van der Waals surface area contributed by atoms with Crippen LogP contribution in [-0.2, 0) is 6.42 Å². The van der Waals surface area contributed by atoms with Gasteiger partial charge in [0.2, 0.25) is 0 Å². The molecule has 3 aromatic rings. The minimum Gasteiger partial charge on any atom is -0.296 e. The molecule has 3 nitrogen and oxygen atoms in total. The quantitative estimate of drug-likeness (QED) is 0.680. The second-order valence-corrected chi connectivity index (χ2v) is 5.39. The lowest BCUT2D eigenvalue weighted by atomic mass is 10.2. The van der Waals surface area contributed by atoms with Crippen LogP contribution in [0.2, 0.25) is 5.02 Å². The Morgan fingerprint density at radius 1 is 1.25 bits per heavy atom. The predicted octanol–water partition coefficient (Wildman–Crippen LogP) is 4.16. The van der Waals surface area contributed by atoms with E-state index in [1.54, 1.807) is 12.4 Å². The summed E-state index contributed by atoms with van der Waals surface area (Å²) in [5.74, 6) is 1.44. The highest BCUT2D eigenvalue weighted by atomic mass is 35.5. The summed E-state index contributed by atoms with van der Waals surface area (Å²) in [6.07, 6.45) is 4.22. The molecule has 0 aliphatic heterocycles. The maximum Gasteiger partial charge on any atom is 0.115 e. The second-order valence-electron chi connectivity index (χ2n) is 4.60. The van der Waals surface area contributed by atoms with Crippen LogP contribution in [0.5, 0.6) is 0 Å². The first-order chi connectivity index (χ1) is 9.70. The average Bonchev–Trinajstić information content (AvgIpc) is 2.80. The fraction of sp³-hybridized carbons (Fsp3) is 0.200. The Labute approximate surface area is 127 Å². The molecule has 0 bridgehead atoms. The van der Waals surface area contributed by atoms with E-state index in [4.69, 9.17) is 23.2 Å². The van der Waals surface area contributed by atoms with Crippen molar-refractivity contribution in [2.75, 3.05) is 5.88 Å². The number of halogens is 2. The molecule has 102 valence electrons. The molecule has 2 aromatic heterocycles. The van der Waals surface area contributed by atoms with Crippen LogP contribution in [-0.4, -0.2) is 20.4 Å². The van der Waals surface area contributed by atoms with Crippen molar-refractivity contribution < 1.29 is 0 Å². The van der Waals surface area contributed by atoms with E-state index in [-0.39, 0.29) is 0 Å². The fourth-order valence-corrected chi connectivity index (χ4v) is 2.59. The fourth-order valence-electron chi connectivity index (χ4n) is 2.24. The number of hydrogen-bond donors (Lipinski definition) is 0. The molecule has 0 aliphatic carbocycles. The van der Waals surface area contributed by atoms with Gasteiger partial charge in [0.1, 0.15) is 11.3 Å². The summed E-state index contributed by atoms with van der Waals surface area (Å²) >= 11 is 12.1. The van der Waals surface area contributed by atoms with Gasteiger partial charge in [0.15, 0.2) is 0 Å². The van der Waals surface area contributed by atoms with Gasteiger partial charge in [-0.15, -0.1) is 11.6 Å². The predicted molar refractivity (Wildman–Crippen MR) is 83.0 cm³/mol. The number of benzene rings is 1. The molecule has 0 spiro atoms. The molecule has 1 aromatic carbocycles. The Balaban J connectivity index is 2.26. The van der Waals surface area contributed by atoms with E-state index in [2.05, 4.69) is 14.5 Å². The van der Waals surface area contributed by atoms with Crippen LogP contribution in [0.15, 0.2) is 36.7 Å². The smallest absolute Gasteiger partial charge is 0.115 e. The third kappa shape index (κ3) is 2.28. The number of rotatable bonds is 3. The van der Waals surface area contributed by atoms with Crippen LogP contribution in [0, 0.1) is 6.92 Å². The van der Waals surface area contributed by atoms with Gasteiger partial charge in [0.05, 0.1) is 11.7 Å². The van der Waals surface area contributed by atoms with Crippen molar-refractivity contribution in [1.29, 1.82) is 0 Å². The topological polar surface area (TPSA) is 30.7 Å². The first kappa shape index (κ1) is 13.4. The Morgan fingerprint density at radius 3 is 2.85 bits per heavy atom. The molecule has 0 saturated carbocycles. The van der Waals surface area contributed by atoms with Crippen LogP contribution in [0.3, 0.4) is 0 Å². The molecule has 0 radical (unpaired) electrons. The Hall–Kier alpha value is -1.58. The number of alkyl halides is 1. The van der Waals surface area contributed by atoms with Crippen molar-refractivity contribution in [3.63, 3.8) is 0 Å². The molecule has 20 heavy (non-hydrogen) atoms. The van der Waals surface area contributed by atoms with Crippen molar-refractivity contribution in [3.8, 4) is 5.69 Å². The van der Waals surface area contributed by atoms with E-state index >= 15 is 0 Å². The number of fused-ring (bicyclic) bond motifs is 1. The lowest BCUT2D eigenvalue weighted by molar-refractivity contribution is 0.912. The third-order valence-electron chi connectivity index (χ3n) is 3.26. The lowest BCUT2D eigenvalue weighted by Gasteiger charge is -2.10. The van der Waals surface area contributed by atoms with Gasteiger partial charge < -0.3 is 0 Å². The van der Waals surface area contributed by atoms with E-state index in [9.17, 15) is 0 Å². The standard InChI is InChI=1S/C15H13Cl2N3/c1-10-2-3-11(8-12(10)17)20-14-5-7-18-9-13(14)19-15(20)4-6-16/h2-3,5,7-9H,4,6H2,1H3. The molecule has 0 unspecified atom stereocenters. The highest BCUT2D eigenvalue weighted by molar-refractivity contribution is 6.31. The van der Waals surface area contributed by atoms with Crippen LogP contribution < -0.4 is 0 Å². The molecule has 0 saturated heterocycles. The van der Waals surface area contributed by atoms with Gasteiger partial charge in [-0.1, -0.05) is 17.7 Å². The summed E-state index contributed by atoms with van der Waals surface area (Å²) in [6.45, 7) is 1.99. The highest BCUT2D eigenvalue weighted by Gasteiger charge is 2.12. The SMILES string of the molecule is Cc1ccc(-n2c(CCCl)nc3cnccc32)cc1Cl. The van der Waals surface area contributed by atoms with Crippen molar-refractivity contribution >= 4 is 34.2 Å². The first-order valence-electron chi connectivity index (χ1n) is 6.34. The van der Waals surface area contributed by atoms with Crippen molar-refractivity contribution in [1.82, 2.24) is 14.5 Å². The molecule has 3 rings (SSSR count). The van der Waals surface area contributed by atoms with Gasteiger partial charge in [0.25, 0.3) is 0 Å².